The van der Waals surface area contributed by atoms with E-state index in [0.717, 1.165) is 16.5 Å². The van der Waals surface area contributed by atoms with Crippen molar-refractivity contribution in [3.05, 3.63) is 28.8 Å². The van der Waals surface area contributed by atoms with Gasteiger partial charge in [0.1, 0.15) is 4.99 Å². The molecule has 18 heavy (non-hydrogen) atoms. The summed E-state index contributed by atoms with van der Waals surface area (Å²) < 4.78 is 0. The maximum atomic E-state index is 5.98. The number of halogens is 1. The van der Waals surface area contributed by atoms with Crippen molar-refractivity contribution in [2.24, 2.45) is 5.73 Å². The number of thiocarbonyl (C=S) groups is 1. The Hall–Kier alpha value is -0.450. The molecular weight excluding hydrogens is 284 g/mol. The third-order valence-corrected chi connectivity index (χ3v) is 4.87. The van der Waals surface area contributed by atoms with E-state index in [1.807, 2.05) is 30.0 Å². The smallest absolute Gasteiger partial charge is 0.106 e. The normalized spacial score (nSPS) is 23.0. The molecule has 2 nitrogen and oxygen atoms in total. The van der Waals surface area contributed by atoms with Crippen LogP contribution in [0.2, 0.25) is 5.02 Å². The number of benzene rings is 1. The molecule has 1 aliphatic rings. The number of rotatable bonds is 4. The molecule has 0 aromatic heterocycles. The van der Waals surface area contributed by atoms with Crippen molar-refractivity contribution in [3.8, 4) is 0 Å². The van der Waals surface area contributed by atoms with E-state index >= 15 is 0 Å². The molecule has 3 N–H and O–H groups in total. The van der Waals surface area contributed by atoms with E-state index in [-0.39, 0.29) is 0 Å². The lowest BCUT2D eigenvalue weighted by Crippen LogP contribution is -2.20. The first-order chi connectivity index (χ1) is 8.60. The molecule has 0 bridgehead atoms. The average Bonchev–Trinajstić information content (AvgIpc) is 2.79. The summed E-state index contributed by atoms with van der Waals surface area (Å²) in [4.78, 5) is 0.388. The van der Waals surface area contributed by atoms with Gasteiger partial charge in [-0.15, -0.1) is 0 Å². The number of nitrogens with one attached hydrogen (secondary N) is 1. The first kappa shape index (κ1) is 14.0. The molecule has 2 rings (SSSR count). The number of nitrogens with two attached hydrogens (primary N) is 1. The van der Waals surface area contributed by atoms with Crippen LogP contribution >= 0.6 is 35.6 Å². The van der Waals surface area contributed by atoms with Gasteiger partial charge >= 0.3 is 0 Å². The molecule has 2 atom stereocenters. The van der Waals surface area contributed by atoms with Gasteiger partial charge in [0.2, 0.25) is 0 Å². The summed E-state index contributed by atoms with van der Waals surface area (Å²) in [6.45, 7) is 0. The van der Waals surface area contributed by atoms with Crippen LogP contribution in [0.4, 0.5) is 5.69 Å². The minimum Gasteiger partial charge on any atom is -0.389 e. The minimum absolute atomic E-state index is 0.388. The molecule has 0 radical (unpaired) electrons. The van der Waals surface area contributed by atoms with Crippen molar-refractivity contribution in [2.45, 2.75) is 30.6 Å². The third kappa shape index (κ3) is 3.31. The zero-order chi connectivity index (χ0) is 13.1. The minimum atomic E-state index is 0.388. The Balaban J connectivity index is 2.12. The second-order valence-electron chi connectivity index (χ2n) is 4.57. The van der Waals surface area contributed by atoms with Gasteiger partial charge < -0.3 is 11.1 Å². The quantitative estimate of drug-likeness (QED) is 0.832. The van der Waals surface area contributed by atoms with Crippen molar-refractivity contribution in [3.63, 3.8) is 0 Å². The van der Waals surface area contributed by atoms with E-state index < -0.39 is 0 Å². The Bertz CT molecular complexity index is 451. The molecular formula is C13H17ClN2S2. The molecule has 1 saturated carbocycles. The molecule has 2 unspecified atom stereocenters. The van der Waals surface area contributed by atoms with Gasteiger partial charge in [0.15, 0.2) is 0 Å². The van der Waals surface area contributed by atoms with Crippen LogP contribution in [0.3, 0.4) is 0 Å². The van der Waals surface area contributed by atoms with Gasteiger partial charge in [0, 0.05) is 27.6 Å². The topological polar surface area (TPSA) is 38.0 Å². The zero-order valence-corrected chi connectivity index (χ0v) is 12.7. The lowest BCUT2D eigenvalue weighted by Gasteiger charge is -2.17. The van der Waals surface area contributed by atoms with Gasteiger partial charge in [-0.2, -0.15) is 11.8 Å². The Kier molecular flexibility index (Phi) is 4.76. The molecule has 0 aliphatic heterocycles. The number of anilines is 1. The van der Waals surface area contributed by atoms with Crippen molar-refractivity contribution < 1.29 is 0 Å². The number of hydrogen-bond donors (Lipinski definition) is 2. The summed E-state index contributed by atoms with van der Waals surface area (Å²) in [5, 5.41) is 4.97. The Morgan fingerprint density at radius 3 is 2.89 bits per heavy atom. The van der Waals surface area contributed by atoms with Crippen LogP contribution in [-0.2, 0) is 0 Å². The maximum absolute atomic E-state index is 5.98. The van der Waals surface area contributed by atoms with Gasteiger partial charge in [-0.05, 0) is 43.7 Å². The number of hydrogen-bond acceptors (Lipinski definition) is 3. The summed E-state index contributed by atoms with van der Waals surface area (Å²) in [5.74, 6) is 0. The highest BCUT2D eigenvalue weighted by Gasteiger charge is 2.24. The average molecular weight is 301 g/mol. The predicted molar refractivity (Wildman–Crippen MR) is 85.9 cm³/mol. The first-order valence-electron chi connectivity index (χ1n) is 5.99. The second kappa shape index (κ2) is 6.13. The van der Waals surface area contributed by atoms with Crippen molar-refractivity contribution >= 4 is 46.3 Å². The standard InChI is InChI=1S/C13H17ClN2S2/c1-18-10-4-3-9(7-10)16-12-5-2-8(14)6-11(12)13(15)17/h2,5-6,9-10,16H,3-4,7H2,1H3,(H2,15,17). The largest absolute Gasteiger partial charge is 0.389 e. The molecule has 1 aromatic carbocycles. The van der Waals surface area contributed by atoms with Gasteiger partial charge in [0.05, 0.1) is 0 Å². The SMILES string of the molecule is CSC1CCC(Nc2ccc(Cl)cc2C(N)=S)C1. The molecule has 0 saturated heterocycles. The first-order valence-corrected chi connectivity index (χ1v) is 8.06. The Morgan fingerprint density at radius 1 is 1.50 bits per heavy atom. The van der Waals surface area contributed by atoms with E-state index in [1.54, 1.807) is 0 Å². The lowest BCUT2D eigenvalue weighted by atomic mass is 10.1. The van der Waals surface area contributed by atoms with Gasteiger partial charge in [0.25, 0.3) is 0 Å². The van der Waals surface area contributed by atoms with Crippen molar-refractivity contribution in [2.75, 3.05) is 11.6 Å². The van der Waals surface area contributed by atoms with Gasteiger partial charge in [-0.3, -0.25) is 0 Å². The highest BCUT2D eigenvalue weighted by atomic mass is 35.5. The van der Waals surface area contributed by atoms with Crippen LogP contribution in [0, 0.1) is 0 Å². The highest BCUT2D eigenvalue weighted by molar-refractivity contribution is 7.99. The molecule has 5 heteroatoms. The molecule has 1 fully saturated rings. The fraction of sp³-hybridized carbons (Fsp3) is 0.462. The van der Waals surface area contributed by atoms with Crippen LogP contribution in [0.15, 0.2) is 18.2 Å². The van der Waals surface area contributed by atoms with Crippen molar-refractivity contribution in [1.82, 2.24) is 0 Å². The van der Waals surface area contributed by atoms with Crippen LogP contribution in [-0.4, -0.2) is 22.5 Å². The molecule has 98 valence electrons. The summed E-state index contributed by atoms with van der Waals surface area (Å²) >= 11 is 13.0. The Labute approximate surface area is 123 Å². The third-order valence-electron chi connectivity index (χ3n) is 3.32. The summed E-state index contributed by atoms with van der Waals surface area (Å²) in [7, 11) is 0. The monoisotopic (exact) mass is 300 g/mol. The van der Waals surface area contributed by atoms with Crippen LogP contribution in [0.1, 0.15) is 24.8 Å². The van der Waals surface area contributed by atoms with E-state index in [2.05, 4.69) is 11.6 Å². The van der Waals surface area contributed by atoms with Crippen LogP contribution < -0.4 is 11.1 Å². The van der Waals surface area contributed by atoms with Gasteiger partial charge in [-0.25, -0.2) is 0 Å². The fourth-order valence-electron chi connectivity index (χ4n) is 2.35. The maximum Gasteiger partial charge on any atom is 0.106 e. The molecule has 0 heterocycles. The van der Waals surface area contributed by atoms with E-state index in [1.165, 1.54) is 19.3 Å². The summed E-state index contributed by atoms with van der Waals surface area (Å²) in [5.41, 5.74) is 7.58. The molecule has 0 spiro atoms. The fourth-order valence-corrected chi connectivity index (χ4v) is 3.49. The zero-order valence-electron chi connectivity index (χ0n) is 10.3. The van der Waals surface area contributed by atoms with Crippen LogP contribution in [0.5, 0.6) is 0 Å². The highest BCUT2D eigenvalue weighted by Crippen LogP contribution is 2.31. The van der Waals surface area contributed by atoms with E-state index in [4.69, 9.17) is 29.6 Å². The predicted octanol–water partition coefficient (Wildman–Crippen LogP) is 3.67. The van der Waals surface area contributed by atoms with Crippen molar-refractivity contribution in [1.29, 1.82) is 0 Å². The number of thioether (sulfide) groups is 1. The van der Waals surface area contributed by atoms with E-state index in [0.29, 0.717) is 16.1 Å². The summed E-state index contributed by atoms with van der Waals surface area (Å²) in [6, 6.07) is 6.17. The second-order valence-corrected chi connectivity index (χ2v) is 6.58. The summed E-state index contributed by atoms with van der Waals surface area (Å²) in [6.07, 6.45) is 5.84. The van der Waals surface area contributed by atoms with Crippen LogP contribution in [0.25, 0.3) is 0 Å². The van der Waals surface area contributed by atoms with E-state index in [9.17, 15) is 0 Å². The van der Waals surface area contributed by atoms with Gasteiger partial charge in [-0.1, -0.05) is 23.8 Å². The lowest BCUT2D eigenvalue weighted by molar-refractivity contribution is 0.757. The molecule has 0 amide bonds. The Morgan fingerprint density at radius 2 is 2.28 bits per heavy atom. The molecule has 1 aromatic rings. The molecule has 1 aliphatic carbocycles.